The summed E-state index contributed by atoms with van der Waals surface area (Å²) in [6.45, 7) is 3.46. The van der Waals surface area contributed by atoms with Gasteiger partial charge in [0.2, 0.25) is 0 Å². The molecule has 0 aliphatic rings. The number of esters is 1. The number of pyridine rings is 1. The van der Waals surface area contributed by atoms with Crippen LogP contribution in [0.15, 0.2) is 30.9 Å². The van der Waals surface area contributed by atoms with Gasteiger partial charge in [-0.15, -0.1) is 6.58 Å². The Morgan fingerprint density at radius 2 is 2.16 bits per heavy atom. The molecular formula is C13H12F3NO2. The lowest BCUT2D eigenvalue weighted by molar-refractivity contribution is -0.141. The minimum atomic E-state index is -4.50. The molecule has 0 unspecified atom stereocenters. The fourth-order valence-corrected chi connectivity index (χ4v) is 1.35. The van der Waals surface area contributed by atoms with Crippen LogP contribution in [-0.2, 0) is 22.1 Å². The first-order valence-corrected chi connectivity index (χ1v) is 5.32. The topological polar surface area (TPSA) is 39.2 Å². The SMILES string of the molecule is C=CCc1nc(C(F)(F)F)ccc1C=CC(=O)OC. The van der Waals surface area contributed by atoms with Crippen molar-refractivity contribution >= 4 is 12.0 Å². The third-order valence-corrected chi connectivity index (χ3v) is 2.24. The predicted molar refractivity (Wildman–Crippen MR) is 64.2 cm³/mol. The lowest BCUT2D eigenvalue weighted by Gasteiger charge is -2.09. The van der Waals surface area contributed by atoms with Crippen LogP contribution in [-0.4, -0.2) is 18.1 Å². The first-order chi connectivity index (χ1) is 8.88. The van der Waals surface area contributed by atoms with E-state index < -0.39 is 17.8 Å². The largest absolute Gasteiger partial charge is 0.466 e. The molecule has 0 atom stereocenters. The average Bonchev–Trinajstić information content (AvgIpc) is 2.36. The van der Waals surface area contributed by atoms with Crippen molar-refractivity contribution in [3.63, 3.8) is 0 Å². The molecule has 19 heavy (non-hydrogen) atoms. The van der Waals surface area contributed by atoms with Crippen molar-refractivity contribution in [2.45, 2.75) is 12.6 Å². The van der Waals surface area contributed by atoms with Crippen LogP contribution in [0.3, 0.4) is 0 Å². The van der Waals surface area contributed by atoms with Crippen LogP contribution < -0.4 is 0 Å². The highest BCUT2D eigenvalue weighted by Gasteiger charge is 2.32. The summed E-state index contributed by atoms with van der Waals surface area (Å²) in [5.41, 5.74) is -0.358. The Hall–Kier alpha value is -2.11. The fraction of sp³-hybridized carbons (Fsp3) is 0.231. The van der Waals surface area contributed by atoms with Crippen LogP contribution in [0.5, 0.6) is 0 Å². The second-order valence-corrected chi connectivity index (χ2v) is 3.58. The molecule has 102 valence electrons. The molecule has 0 radical (unpaired) electrons. The molecule has 0 aliphatic heterocycles. The summed E-state index contributed by atoms with van der Waals surface area (Å²) in [5.74, 6) is -0.593. The zero-order chi connectivity index (χ0) is 14.5. The van der Waals surface area contributed by atoms with Gasteiger partial charge in [0.05, 0.1) is 12.8 Å². The van der Waals surface area contributed by atoms with Gasteiger partial charge >= 0.3 is 12.1 Å². The monoisotopic (exact) mass is 271 g/mol. The highest BCUT2D eigenvalue weighted by Crippen LogP contribution is 2.28. The summed E-state index contributed by atoms with van der Waals surface area (Å²) in [4.78, 5) is 14.5. The van der Waals surface area contributed by atoms with Crippen molar-refractivity contribution in [2.75, 3.05) is 7.11 Å². The zero-order valence-electron chi connectivity index (χ0n) is 10.2. The van der Waals surface area contributed by atoms with Crippen molar-refractivity contribution in [1.82, 2.24) is 4.98 Å². The minimum absolute atomic E-state index is 0.171. The minimum Gasteiger partial charge on any atom is -0.466 e. The number of aromatic nitrogens is 1. The number of halogens is 3. The van der Waals surface area contributed by atoms with Crippen LogP contribution in [0.1, 0.15) is 17.0 Å². The van der Waals surface area contributed by atoms with Crippen molar-refractivity contribution in [1.29, 1.82) is 0 Å². The van der Waals surface area contributed by atoms with Crippen LogP contribution in [0.2, 0.25) is 0 Å². The van der Waals surface area contributed by atoms with Gasteiger partial charge in [-0.1, -0.05) is 12.1 Å². The number of hydrogen-bond donors (Lipinski definition) is 0. The van der Waals surface area contributed by atoms with E-state index in [0.717, 1.165) is 12.1 Å². The molecule has 6 heteroatoms. The number of nitrogens with zero attached hydrogens (tertiary/aromatic N) is 1. The second kappa shape index (κ2) is 6.17. The smallest absolute Gasteiger partial charge is 0.433 e. The molecule has 0 N–H and O–H groups in total. The Morgan fingerprint density at radius 3 is 2.68 bits per heavy atom. The lowest BCUT2D eigenvalue weighted by atomic mass is 10.1. The van der Waals surface area contributed by atoms with Crippen LogP contribution in [0.4, 0.5) is 13.2 Å². The van der Waals surface area contributed by atoms with E-state index in [9.17, 15) is 18.0 Å². The van der Waals surface area contributed by atoms with E-state index in [1.807, 2.05) is 0 Å². The maximum atomic E-state index is 12.5. The molecule has 1 aromatic heterocycles. The van der Waals surface area contributed by atoms with Crippen molar-refractivity contribution in [3.05, 3.63) is 47.8 Å². The van der Waals surface area contributed by atoms with Gasteiger partial charge in [0.25, 0.3) is 0 Å². The highest BCUT2D eigenvalue weighted by molar-refractivity contribution is 5.87. The van der Waals surface area contributed by atoms with Gasteiger partial charge in [0.15, 0.2) is 0 Å². The number of methoxy groups -OCH3 is 1. The third kappa shape index (κ3) is 4.24. The summed E-state index contributed by atoms with van der Waals surface area (Å²) in [6, 6.07) is 2.12. The third-order valence-electron chi connectivity index (χ3n) is 2.24. The predicted octanol–water partition coefficient (Wildman–Crippen LogP) is 3.02. The normalized spacial score (nSPS) is 11.6. The van der Waals surface area contributed by atoms with E-state index in [2.05, 4.69) is 16.3 Å². The van der Waals surface area contributed by atoms with Crippen LogP contribution >= 0.6 is 0 Å². The molecular weight excluding hydrogens is 259 g/mol. The molecule has 1 aromatic rings. The van der Waals surface area contributed by atoms with Gasteiger partial charge in [0.1, 0.15) is 5.69 Å². The first-order valence-electron chi connectivity index (χ1n) is 5.32. The summed E-state index contributed by atoms with van der Waals surface area (Å²) < 4.78 is 42.0. The van der Waals surface area contributed by atoms with Gasteiger partial charge in [-0.2, -0.15) is 13.2 Å². The molecule has 0 spiro atoms. The number of carbonyl (C=O) groups is 1. The first kappa shape index (κ1) is 14.9. The Morgan fingerprint density at radius 1 is 1.47 bits per heavy atom. The van der Waals surface area contributed by atoms with E-state index >= 15 is 0 Å². The van der Waals surface area contributed by atoms with Gasteiger partial charge in [-0.25, -0.2) is 9.78 Å². The van der Waals surface area contributed by atoms with Crippen molar-refractivity contribution in [3.8, 4) is 0 Å². The van der Waals surface area contributed by atoms with E-state index in [0.29, 0.717) is 5.56 Å². The molecule has 0 bridgehead atoms. The van der Waals surface area contributed by atoms with Crippen LogP contribution in [0.25, 0.3) is 6.08 Å². The standard InChI is InChI=1S/C13H12F3NO2/c1-3-4-10-9(6-8-12(18)19-2)5-7-11(17-10)13(14,15)16/h3,5-8H,1,4H2,2H3. The molecule has 0 saturated carbocycles. The van der Waals surface area contributed by atoms with E-state index in [1.54, 1.807) is 0 Å². The van der Waals surface area contributed by atoms with Crippen molar-refractivity contribution < 1.29 is 22.7 Å². The summed E-state index contributed by atoms with van der Waals surface area (Å²) >= 11 is 0. The van der Waals surface area contributed by atoms with E-state index in [-0.39, 0.29) is 12.1 Å². The number of carbonyl (C=O) groups excluding carboxylic acids is 1. The summed E-state index contributed by atoms with van der Waals surface area (Å²) in [6.07, 6.45) is -0.405. The highest BCUT2D eigenvalue weighted by atomic mass is 19.4. The zero-order valence-corrected chi connectivity index (χ0v) is 10.2. The van der Waals surface area contributed by atoms with Gasteiger partial charge < -0.3 is 4.74 Å². The number of ether oxygens (including phenoxy) is 1. The Labute approximate surface area is 108 Å². The van der Waals surface area contributed by atoms with Gasteiger partial charge in [-0.3, -0.25) is 0 Å². The molecule has 0 amide bonds. The van der Waals surface area contributed by atoms with Crippen molar-refractivity contribution in [2.24, 2.45) is 0 Å². The van der Waals surface area contributed by atoms with E-state index in [4.69, 9.17) is 0 Å². The Balaban J connectivity index is 3.15. The van der Waals surface area contributed by atoms with Gasteiger partial charge in [-0.05, 0) is 17.7 Å². The molecule has 0 aromatic carbocycles. The number of allylic oxidation sites excluding steroid dienone is 1. The molecule has 0 fully saturated rings. The molecule has 3 nitrogen and oxygen atoms in total. The average molecular weight is 271 g/mol. The Kier molecular flexibility index (Phi) is 4.86. The number of hydrogen-bond acceptors (Lipinski definition) is 3. The summed E-state index contributed by atoms with van der Waals surface area (Å²) in [7, 11) is 1.21. The quantitative estimate of drug-likeness (QED) is 0.480. The Bertz CT molecular complexity index is 507. The maximum Gasteiger partial charge on any atom is 0.433 e. The number of rotatable bonds is 4. The van der Waals surface area contributed by atoms with Gasteiger partial charge in [0, 0.05) is 12.5 Å². The molecule has 1 rings (SSSR count). The molecule has 0 aliphatic carbocycles. The molecule has 0 saturated heterocycles. The van der Waals surface area contributed by atoms with Crippen LogP contribution in [0, 0.1) is 0 Å². The fourth-order valence-electron chi connectivity index (χ4n) is 1.35. The number of alkyl halides is 3. The maximum absolute atomic E-state index is 12.5. The second-order valence-electron chi connectivity index (χ2n) is 3.58. The lowest BCUT2D eigenvalue weighted by Crippen LogP contribution is -2.10. The summed E-state index contributed by atoms with van der Waals surface area (Å²) in [5, 5.41) is 0. The molecule has 1 heterocycles. The van der Waals surface area contributed by atoms with E-state index in [1.165, 1.54) is 25.3 Å².